The lowest BCUT2D eigenvalue weighted by Gasteiger charge is -2.37. The lowest BCUT2D eigenvalue weighted by atomic mass is 9.92. The fourth-order valence-electron chi connectivity index (χ4n) is 3.33. The Bertz CT molecular complexity index is 992. The summed E-state index contributed by atoms with van der Waals surface area (Å²) in [5.41, 5.74) is 0.331. The smallest absolute Gasteiger partial charge is 0.321 e. The summed E-state index contributed by atoms with van der Waals surface area (Å²) in [6.07, 6.45) is 1.56. The van der Waals surface area contributed by atoms with Gasteiger partial charge in [-0.3, -0.25) is 0 Å². The number of nitrogens with zero attached hydrogens (tertiary/aromatic N) is 2. The van der Waals surface area contributed by atoms with E-state index in [2.05, 4.69) is 10.3 Å². The number of piperidine rings is 1. The highest BCUT2D eigenvalue weighted by molar-refractivity contribution is 7.92. The molecule has 1 fully saturated rings. The van der Waals surface area contributed by atoms with Crippen molar-refractivity contribution in [2.24, 2.45) is 5.92 Å². The van der Waals surface area contributed by atoms with E-state index < -0.39 is 32.7 Å². The molecule has 1 atom stereocenters. The van der Waals surface area contributed by atoms with Crippen molar-refractivity contribution in [3.05, 3.63) is 53.6 Å². The van der Waals surface area contributed by atoms with E-state index in [0.29, 0.717) is 5.69 Å². The number of nitrogens with one attached hydrogen (secondary N) is 1. The van der Waals surface area contributed by atoms with E-state index in [1.807, 2.05) is 0 Å². The molecule has 29 heavy (non-hydrogen) atoms. The molecular formula is C19H20ClF2N3O3S. The van der Waals surface area contributed by atoms with Crippen molar-refractivity contribution in [1.82, 2.24) is 9.88 Å². The largest absolute Gasteiger partial charge is 0.325 e. The van der Waals surface area contributed by atoms with Gasteiger partial charge in [0.2, 0.25) is 20.8 Å². The summed E-state index contributed by atoms with van der Waals surface area (Å²) in [4.78, 5) is 17.1. The van der Waals surface area contributed by atoms with Gasteiger partial charge in [-0.05, 0) is 50.1 Å². The Kier molecular flexibility index (Phi) is 6.09. The standard InChI is InChI=1S/C19H20ClF2N3O3S/c1-19(22,29(27,28)16-4-2-3-14(20)11-16)13-7-9-25(10-8-13)18(26)24-15-5-6-17(21)23-12-15/h2-6,11-13H,7-10H2,1H3,(H,24,26). The second kappa shape index (κ2) is 8.23. The fourth-order valence-corrected chi connectivity index (χ4v) is 5.26. The van der Waals surface area contributed by atoms with Gasteiger partial charge in [-0.2, -0.15) is 4.39 Å². The van der Waals surface area contributed by atoms with Gasteiger partial charge in [0.25, 0.3) is 0 Å². The number of carbonyl (C=O) groups excluding carboxylic acids is 1. The molecule has 1 unspecified atom stereocenters. The maximum Gasteiger partial charge on any atom is 0.321 e. The fraction of sp³-hybridized carbons (Fsp3) is 0.368. The summed E-state index contributed by atoms with van der Waals surface area (Å²) in [5, 5.41) is 0.299. The molecule has 1 aliphatic rings. The van der Waals surface area contributed by atoms with E-state index in [1.54, 1.807) is 0 Å². The van der Waals surface area contributed by atoms with Gasteiger partial charge >= 0.3 is 6.03 Å². The van der Waals surface area contributed by atoms with Crippen LogP contribution in [-0.4, -0.2) is 42.4 Å². The summed E-state index contributed by atoms with van der Waals surface area (Å²) in [6.45, 7) is 1.44. The van der Waals surface area contributed by atoms with Crippen LogP contribution < -0.4 is 5.32 Å². The van der Waals surface area contributed by atoms with Gasteiger partial charge in [0.15, 0.2) is 0 Å². The number of amides is 2. The van der Waals surface area contributed by atoms with Crippen molar-refractivity contribution >= 4 is 33.2 Å². The number of benzene rings is 1. The summed E-state index contributed by atoms with van der Waals surface area (Å²) in [7, 11) is -4.26. The van der Waals surface area contributed by atoms with Crippen LogP contribution in [0.5, 0.6) is 0 Å². The predicted molar refractivity (Wildman–Crippen MR) is 106 cm³/mol. The molecule has 1 saturated heterocycles. The lowest BCUT2D eigenvalue weighted by Crippen LogP contribution is -2.48. The van der Waals surface area contributed by atoms with Crippen molar-refractivity contribution < 1.29 is 22.0 Å². The number of halogens is 3. The quantitative estimate of drug-likeness (QED) is 0.715. The van der Waals surface area contributed by atoms with Crippen molar-refractivity contribution in [2.45, 2.75) is 29.7 Å². The molecule has 2 aromatic rings. The van der Waals surface area contributed by atoms with Crippen LogP contribution in [0.25, 0.3) is 0 Å². The van der Waals surface area contributed by atoms with Crippen LogP contribution >= 0.6 is 11.6 Å². The van der Waals surface area contributed by atoms with Crippen LogP contribution in [0.4, 0.5) is 19.3 Å². The third-order valence-corrected chi connectivity index (χ3v) is 7.62. The van der Waals surface area contributed by atoms with Gasteiger partial charge < -0.3 is 10.2 Å². The zero-order chi connectivity index (χ0) is 21.2. The molecule has 2 amide bonds. The Morgan fingerprint density at radius 3 is 2.55 bits per heavy atom. The number of pyridine rings is 1. The van der Waals surface area contributed by atoms with Crippen molar-refractivity contribution in [1.29, 1.82) is 0 Å². The first-order valence-corrected chi connectivity index (χ1v) is 10.8. The highest BCUT2D eigenvalue weighted by Crippen LogP contribution is 2.39. The van der Waals surface area contributed by atoms with Gasteiger partial charge in [0.05, 0.1) is 16.8 Å². The minimum atomic E-state index is -4.26. The minimum Gasteiger partial charge on any atom is -0.325 e. The first-order chi connectivity index (χ1) is 13.6. The van der Waals surface area contributed by atoms with E-state index in [0.717, 1.165) is 13.0 Å². The Balaban J connectivity index is 1.66. The van der Waals surface area contributed by atoms with Gasteiger partial charge in [-0.1, -0.05) is 17.7 Å². The van der Waals surface area contributed by atoms with Crippen molar-refractivity contribution in [3.63, 3.8) is 0 Å². The topological polar surface area (TPSA) is 79.4 Å². The first-order valence-electron chi connectivity index (χ1n) is 8.98. The average Bonchev–Trinajstić information content (AvgIpc) is 2.69. The molecule has 0 radical (unpaired) electrons. The number of anilines is 1. The second-order valence-corrected chi connectivity index (χ2v) is 9.72. The Morgan fingerprint density at radius 2 is 1.97 bits per heavy atom. The molecule has 3 rings (SSSR count). The molecule has 6 nitrogen and oxygen atoms in total. The third kappa shape index (κ3) is 4.51. The Labute approximate surface area is 172 Å². The number of alkyl halides is 1. The van der Waals surface area contributed by atoms with E-state index >= 15 is 4.39 Å². The molecule has 0 saturated carbocycles. The molecule has 156 valence electrons. The number of likely N-dealkylation sites (tertiary alicyclic amines) is 1. The number of carbonyl (C=O) groups is 1. The van der Waals surface area contributed by atoms with Gasteiger partial charge in [0.1, 0.15) is 0 Å². The average molecular weight is 444 g/mol. The molecule has 1 N–H and O–H groups in total. The van der Waals surface area contributed by atoms with E-state index in [4.69, 9.17) is 11.6 Å². The number of urea groups is 1. The van der Waals surface area contributed by atoms with E-state index in [-0.39, 0.29) is 35.8 Å². The summed E-state index contributed by atoms with van der Waals surface area (Å²) >= 11 is 5.85. The Morgan fingerprint density at radius 1 is 1.28 bits per heavy atom. The van der Waals surface area contributed by atoms with Crippen LogP contribution in [0.3, 0.4) is 0 Å². The third-order valence-electron chi connectivity index (χ3n) is 5.12. The van der Waals surface area contributed by atoms with Gasteiger partial charge in [-0.25, -0.2) is 22.6 Å². The van der Waals surface area contributed by atoms with E-state index in [9.17, 15) is 17.6 Å². The van der Waals surface area contributed by atoms with Crippen LogP contribution in [0.2, 0.25) is 5.02 Å². The summed E-state index contributed by atoms with van der Waals surface area (Å²) in [6, 6.07) is 7.59. The summed E-state index contributed by atoms with van der Waals surface area (Å²) < 4.78 is 54.0. The number of hydrogen-bond acceptors (Lipinski definition) is 4. The minimum absolute atomic E-state index is 0.168. The molecule has 1 aromatic heterocycles. The van der Waals surface area contributed by atoms with Gasteiger partial charge in [0, 0.05) is 24.0 Å². The number of aromatic nitrogens is 1. The summed E-state index contributed by atoms with van der Waals surface area (Å²) in [5.74, 6) is -1.44. The maximum absolute atomic E-state index is 15.5. The van der Waals surface area contributed by atoms with Crippen LogP contribution in [0.15, 0.2) is 47.5 Å². The maximum atomic E-state index is 15.5. The molecule has 10 heteroatoms. The second-order valence-electron chi connectivity index (χ2n) is 7.01. The van der Waals surface area contributed by atoms with Crippen LogP contribution in [0.1, 0.15) is 19.8 Å². The van der Waals surface area contributed by atoms with Crippen molar-refractivity contribution in [2.75, 3.05) is 18.4 Å². The molecule has 1 aromatic carbocycles. The van der Waals surface area contributed by atoms with Crippen molar-refractivity contribution in [3.8, 4) is 0 Å². The van der Waals surface area contributed by atoms with Crippen LogP contribution in [0, 0.1) is 11.9 Å². The molecule has 2 heterocycles. The Hall–Kier alpha value is -2.26. The normalized spacial score (nSPS) is 17.6. The highest BCUT2D eigenvalue weighted by Gasteiger charge is 2.48. The zero-order valence-corrected chi connectivity index (χ0v) is 17.2. The highest BCUT2D eigenvalue weighted by atomic mass is 35.5. The van der Waals surface area contributed by atoms with Gasteiger partial charge in [-0.15, -0.1) is 0 Å². The van der Waals surface area contributed by atoms with Crippen LogP contribution in [-0.2, 0) is 9.84 Å². The number of hydrogen-bond donors (Lipinski definition) is 1. The molecule has 0 bridgehead atoms. The predicted octanol–water partition coefficient (Wildman–Crippen LogP) is 4.28. The lowest BCUT2D eigenvalue weighted by molar-refractivity contribution is 0.117. The molecule has 0 spiro atoms. The number of rotatable bonds is 4. The first kappa shape index (κ1) is 21.4. The molecule has 1 aliphatic heterocycles. The molecule has 0 aliphatic carbocycles. The zero-order valence-electron chi connectivity index (χ0n) is 15.6. The SMILES string of the molecule is CC(F)(C1CCN(C(=O)Nc2ccc(F)nc2)CC1)S(=O)(=O)c1cccc(Cl)c1. The van der Waals surface area contributed by atoms with E-state index in [1.165, 1.54) is 41.4 Å². The number of sulfone groups is 1. The molecular weight excluding hydrogens is 424 g/mol. The monoisotopic (exact) mass is 443 g/mol.